The third-order valence-corrected chi connectivity index (χ3v) is 6.71. The molecule has 0 unspecified atom stereocenters. The predicted octanol–water partition coefficient (Wildman–Crippen LogP) is 2.15. The smallest absolute Gasteiger partial charge is 0.317 e. The molecule has 0 amide bonds. The van der Waals surface area contributed by atoms with Gasteiger partial charge in [0.05, 0.1) is 26.2 Å². The van der Waals surface area contributed by atoms with Gasteiger partial charge in [0.2, 0.25) is 0 Å². The molecule has 11 heteroatoms. The molecule has 1 fully saturated rings. The molecule has 0 aliphatic heterocycles. The van der Waals surface area contributed by atoms with E-state index in [2.05, 4.69) is 0 Å². The molecular formula is C25H45N3O8. The van der Waals surface area contributed by atoms with Crippen molar-refractivity contribution in [1.82, 2.24) is 14.7 Å². The summed E-state index contributed by atoms with van der Waals surface area (Å²) in [6.07, 6.45) is 13.5. The lowest BCUT2D eigenvalue weighted by Gasteiger charge is -2.28. The van der Waals surface area contributed by atoms with Gasteiger partial charge in [0, 0.05) is 26.2 Å². The molecule has 0 saturated heterocycles. The Morgan fingerprint density at radius 1 is 0.500 bits per heavy atom. The highest BCUT2D eigenvalue weighted by molar-refractivity contribution is 5.72. The fourth-order valence-corrected chi connectivity index (χ4v) is 4.87. The first-order chi connectivity index (χ1) is 17.2. The van der Waals surface area contributed by atoms with Crippen molar-refractivity contribution in [3.63, 3.8) is 0 Å². The average molecular weight is 516 g/mol. The van der Waals surface area contributed by atoms with Crippen LogP contribution in [0.15, 0.2) is 0 Å². The molecule has 11 nitrogen and oxygen atoms in total. The first-order valence-corrected chi connectivity index (χ1v) is 13.2. The van der Waals surface area contributed by atoms with Crippen LogP contribution in [0.3, 0.4) is 0 Å². The standard InChI is InChI=1S/C25H45N3O8/c29-22(30)17-26(12-8-11-21-9-6-4-2-1-3-5-7-10-21)13-14-27(18-23(31)32)15-16-28(19-24(33)34)20-25(35)36/h21H,1-20H2,(H,29,30)(H,31,32)(H,33,34)(H,35,36). The molecule has 208 valence electrons. The van der Waals surface area contributed by atoms with Crippen LogP contribution in [-0.4, -0.2) is 118 Å². The molecule has 4 N–H and O–H groups in total. The van der Waals surface area contributed by atoms with Crippen molar-refractivity contribution in [1.29, 1.82) is 0 Å². The first-order valence-electron chi connectivity index (χ1n) is 13.2. The molecule has 0 heterocycles. The van der Waals surface area contributed by atoms with Crippen molar-refractivity contribution in [2.24, 2.45) is 5.92 Å². The molecular weight excluding hydrogens is 470 g/mol. The van der Waals surface area contributed by atoms with Crippen molar-refractivity contribution in [3.8, 4) is 0 Å². The summed E-state index contributed by atoms with van der Waals surface area (Å²) in [4.78, 5) is 49.4. The quantitative estimate of drug-likeness (QED) is 0.212. The topological polar surface area (TPSA) is 159 Å². The number of nitrogens with zero attached hydrogens (tertiary/aromatic N) is 3. The zero-order valence-electron chi connectivity index (χ0n) is 21.5. The number of carboxylic acids is 4. The van der Waals surface area contributed by atoms with E-state index in [1.165, 1.54) is 62.7 Å². The summed E-state index contributed by atoms with van der Waals surface area (Å²) < 4.78 is 0. The molecule has 1 aliphatic rings. The predicted molar refractivity (Wildman–Crippen MR) is 134 cm³/mol. The summed E-state index contributed by atoms with van der Waals surface area (Å²) in [6, 6.07) is 0. The Morgan fingerprint density at radius 3 is 1.25 bits per heavy atom. The van der Waals surface area contributed by atoms with E-state index in [1.807, 2.05) is 4.90 Å². The minimum atomic E-state index is -1.16. The fourth-order valence-electron chi connectivity index (χ4n) is 4.87. The van der Waals surface area contributed by atoms with E-state index in [1.54, 1.807) is 4.90 Å². The van der Waals surface area contributed by atoms with Crippen LogP contribution >= 0.6 is 0 Å². The molecule has 0 radical (unpaired) electrons. The average Bonchev–Trinajstić information content (AvgIpc) is 2.78. The minimum Gasteiger partial charge on any atom is -0.480 e. The van der Waals surface area contributed by atoms with Crippen LogP contribution in [0.1, 0.15) is 70.6 Å². The second-order valence-corrected chi connectivity index (χ2v) is 9.90. The highest BCUT2D eigenvalue weighted by Gasteiger charge is 2.19. The van der Waals surface area contributed by atoms with Gasteiger partial charge in [-0.25, -0.2) is 0 Å². The fraction of sp³-hybridized carbons (Fsp3) is 0.840. The van der Waals surface area contributed by atoms with Crippen LogP contribution in [0.2, 0.25) is 0 Å². The van der Waals surface area contributed by atoms with Crippen LogP contribution < -0.4 is 0 Å². The summed E-state index contributed by atoms with van der Waals surface area (Å²) in [5.74, 6) is -3.65. The SMILES string of the molecule is O=C(O)CN(CCCC1CCCCCCCCC1)CCN(CCN(CC(=O)O)CC(=O)O)CC(=O)O. The minimum absolute atomic E-state index is 0.0759. The van der Waals surface area contributed by atoms with Gasteiger partial charge in [-0.15, -0.1) is 0 Å². The molecule has 36 heavy (non-hydrogen) atoms. The van der Waals surface area contributed by atoms with E-state index < -0.39 is 37.0 Å². The van der Waals surface area contributed by atoms with Crippen molar-refractivity contribution in [2.75, 3.05) is 58.9 Å². The van der Waals surface area contributed by atoms with Gasteiger partial charge in [-0.1, -0.05) is 57.8 Å². The maximum Gasteiger partial charge on any atom is 0.317 e. The van der Waals surface area contributed by atoms with Gasteiger partial charge >= 0.3 is 23.9 Å². The number of rotatable bonds is 18. The molecule has 0 aromatic rings. The molecule has 1 aliphatic carbocycles. The van der Waals surface area contributed by atoms with Gasteiger partial charge in [-0.05, 0) is 25.3 Å². The number of hydrogen-bond donors (Lipinski definition) is 4. The summed E-state index contributed by atoms with van der Waals surface area (Å²) in [5, 5.41) is 36.6. The first kappa shape index (κ1) is 31.8. The summed E-state index contributed by atoms with van der Waals surface area (Å²) in [7, 11) is 0. The Hall–Kier alpha value is -2.24. The van der Waals surface area contributed by atoms with Crippen LogP contribution in [0.5, 0.6) is 0 Å². The molecule has 0 aromatic carbocycles. The third kappa shape index (κ3) is 17.2. The number of aliphatic carboxylic acids is 4. The maximum absolute atomic E-state index is 11.4. The zero-order chi connectivity index (χ0) is 26.8. The van der Waals surface area contributed by atoms with E-state index in [0.717, 1.165) is 12.8 Å². The van der Waals surface area contributed by atoms with Gasteiger partial charge in [0.15, 0.2) is 0 Å². The Balaban J connectivity index is 2.60. The van der Waals surface area contributed by atoms with E-state index in [0.29, 0.717) is 19.0 Å². The van der Waals surface area contributed by atoms with Gasteiger partial charge in [-0.3, -0.25) is 33.9 Å². The largest absolute Gasteiger partial charge is 0.480 e. The highest BCUT2D eigenvalue weighted by Crippen LogP contribution is 2.25. The van der Waals surface area contributed by atoms with Gasteiger partial charge in [-0.2, -0.15) is 0 Å². The van der Waals surface area contributed by atoms with Gasteiger partial charge in [0.25, 0.3) is 0 Å². The van der Waals surface area contributed by atoms with E-state index >= 15 is 0 Å². The van der Waals surface area contributed by atoms with Crippen LogP contribution in [0.25, 0.3) is 0 Å². The zero-order valence-corrected chi connectivity index (χ0v) is 21.5. The Kier molecular flexibility index (Phi) is 16.7. The maximum atomic E-state index is 11.4. The highest BCUT2D eigenvalue weighted by atomic mass is 16.4. The lowest BCUT2D eigenvalue weighted by atomic mass is 9.89. The normalized spacial score (nSPS) is 15.9. The number of carbonyl (C=O) groups is 4. The van der Waals surface area contributed by atoms with Crippen LogP contribution in [0, 0.1) is 5.92 Å². The molecule has 0 aromatic heterocycles. The van der Waals surface area contributed by atoms with Crippen molar-refractivity contribution in [3.05, 3.63) is 0 Å². The van der Waals surface area contributed by atoms with Crippen molar-refractivity contribution >= 4 is 23.9 Å². The summed E-state index contributed by atoms with van der Waals surface area (Å²) in [5.41, 5.74) is 0. The Morgan fingerprint density at radius 2 is 0.833 bits per heavy atom. The van der Waals surface area contributed by atoms with E-state index in [-0.39, 0.29) is 32.7 Å². The lowest BCUT2D eigenvalue weighted by molar-refractivity contribution is -0.143. The molecule has 0 atom stereocenters. The van der Waals surface area contributed by atoms with E-state index in [9.17, 15) is 29.4 Å². The molecule has 0 bridgehead atoms. The second-order valence-electron chi connectivity index (χ2n) is 9.90. The van der Waals surface area contributed by atoms with Crippen LogP contribution in [0.4, 0.5) is 0 Å². The lowest BCUT2D eigenvalue weighted by Crippen LogP contribution is -2.44. The van der Waals surface area contributed by atoms with Crippen molar-refractivity contribution < 1.29 is 39.6 Å². The van der Waals surface area contributed by atoms with Crippen LogP contribution in [-0.2, 0) is 19.2 Å². The Labute approximate surface area is 214 Å². The van der Waals surface area contributed by atoms with E-state index in [4.69, 9.17) is 10.2 Å². The van der Waals surface area contributed by atoms with Crippen molar-refractivity contribution in [2.45, 2.75) is 70.6 Å². The van der Waals surface area contributed by atoms with Gasteiger partial charge in [0.1, 0.15) is 0 Å². The summed E-state index contributed by atoms with van der Waals surface area (Å²) >= 11 is 0. The number of carboxylic acid groups (broad SMARTS) is 4. The molecule has 1 rings (SSSR count). The summed E-state index contributed by atoms with van der Waals surface area (Å²) in [6.45, 7) is 0.168. The molecule has 1 saturated carbocycles. The molecule has 0 spiro atoms. The Bertz CT molecular complexity index is 650. The number of hydrogen-bond acceptors (Lipinski definition) is 7. The monoisotopic (exact) mass is 515 g/mol. The third-order valence-electron chi connectivity index (χ3n) is 6.71. The van der Waals surface area contributed by atoms with Gasteiger partial charge < -0.3 is 20.4 Å². The second kappa shape index (κ2) is 18.9.